The van der Waals surface area contributed by atoms with Gasteiger partial charge in [0.15, 0.2) is 0 Å². The molecule has 0 amide bonds. The predicted molar refractivity (Wildman–Crippen MR) is 114 cm³/mol. The van der Waals surface area contributed by atoms with Crippen molar-refractivity contribution in [3.63, 3.8) is 0 Å². The Morgan fingerprint density at radius 2 is 1.83 bits per heavy atom. The first-order chi connectivity index (χ1) is 14.2. The molecule has 0 spiro atoms. The van der Waals surface area contributed by atoms with Gasteiger partial charge in [-0.3, -0.25) is 10.2 Å². The third-order valence-electron chi connectivity index (χ3n) is 5.28. The Kier molecular flexibility index (Phi) is 4.02. The fourth-order valence-corrected chi connectivity index (χ4v) is 4.04. The zero-order valence-corrected chi connectivity index (χ0v) is 16.0. The van der Waals surface area contributed by atoms with Crippen molar-refractivity contribution in [1.29, 1.82) is 5.41 Å². The highest BCUT2D eigenvalue weighted by Crippen LogP contribution is 2.23. The molecule has 0 aliphatic heterocycles. The average Bonchev–Trinajstić information content (AvgIpc) is 3.21. The molecule has 0 bridgehead atoms. The Morgan fingerprint density at radius 3 is 2.62 bits per heavy atom. The summed E-state index contributed by atoms with van der Waals surface area (Å²) in [5.74, 6) is 0.339. The van der Waals surface area contributed by atoms with Crippen molar-refractivity contribution in [2.24, 2.45) is 0 Å². The van der Waals surface area contributed by atoms with E-state index in [0.717, 1.165) is 37.8 Å². The van der Waals surface area contributed by atoms with E-state index >= 15 is 0 Å². The molecule has 5 aromatic rings. The monoisotopic (exact) mass is 381 g/mol. The van der Waals surface area contributed by atoms with E-state index in [0.29, 0.717) is 17.8 Å². The van der Waals surface area contributed by atoms with E-state index in [2.05, 4.69) is 12.1 Å². The number of para-hydroxylation sites is 2. The largest absolute Gasteiger partial charge is 0.465 e. The van der Waals surface area contributed by atoms with Crippen LogP contribution in [0, 0.1) is 5.41 Å². The zero-order valence-electron chi connectivity index (χ0n) is 16.0. The van der Waals surface area contributed by atoms with Gasteiger partial charge in [0.05, 0.1) is 23.0 Å². The summed E-state index contributed by atoms with van der Waals surface area (Å²) in [6, 6.07) is 19.9. The smallest absolute Gasteiger partial charge is 0.326 e. The van der Waals surface area contributed by atoms with E-state index in [1.54, 1.807) is 6.92 Å². The fraction of sp³-hybridized carbons (Fsp3) is 0.125. The number of fused-ring (bicyclic) bond motifs is 1. The van der Waals surface area contributed by atoms with Crippen LogP contribution in [-0.2, 0) is 16.1 Å². The number of carbonyl (C=O) groups excluding carboxylic acids is 1. The number of carbonyl (C=O) groups is 1. The van der Waals surface area contributed by atoms with E-state index in [1.165, 1.54) is 0 Å². The standard InChI is InChI=1S/C24H19N3O2/c1-2-29-22(28)14-27-20-12-4-3-11-19(20)26-21(27)13-18-16-9-5-7-15-8-6-10-17(23(15)16)24(18)25/h3-13,25H,2,14H2,1H3. The molecule has 5 heteroatoms. The highest BCUT2D eigenvalue weighted by atomic mass is 16.5. The van der Waals surface area contributed by atoms with E-state index in [4.69, 9.17) is 15.1 Å². The third kappa shape index (κ3) is 2.74. The molecule has 5 nitrogen and oxygen atoms in total. The second-order valence-electron chi connectivity index (χ2n) is 6.99. The van der Waals surface area contributed by atoms with Gasteiger partial charge in [0, 0.05) is 10.6 Å². The van der Waals surface area contributed by atoms with Gasteiger partial charge in [-0.05, 0) is 41.3 Å². The van der Waals surface area contributed by atoms with E-state index in [-0.39, 0.29) is 12.5 Å². The van der Waals surface area contributed by atoms with Crippen LogP contribution in [0.2, 0.25) is 0 Å². The van der Waals surface area contributed by atoms with Crippen LogP contribution in [0.3, 0.4) is 0 Å². The minimum atomic E-state index is -0.304. The number of hydrogen-bond donors (Lipinski definition) is 1. The minimum Gasteiger partial charge on any atom is -0.465 e. The van der Waals surface area contributed by atoms with Crippen molar-refractivity contribution in [2.45, 2.75) is 13.5 Å². The molecule has 0 saturated heterocycles. The molecule has 0 radical (unpaired) electrons. The molecule has 0 atom stereocenters. The summed E-state index contributed by atoms with van der Waals surface area (Å²) in [6.07, 6.45) is 1.91. The average molecular weight is 381 g/mol. The van der Waals surface area contributed by atoms with Gasteiger partial charge in [-0.2, -0.15) is 0 Å². The lowest BCUT2D eigenvalue weighted by atomic mass is 10.1. The maximum Gasteiger partial charge on any atom is 0.326 e. The Labute approximate surface area is 166 Å². The maximum atomic E-state index is 12.2. The second kappa shape index (κ2) is 6.71. The highest BCUT2D eigenvalue weighted by molar-refractivity contribution is 6.11. The molecular formula is C24H19N3O2. The summed E-state index contributed by atoms with van der Waals surface area (Å²) in [4.78, 5) is 16.9. The maximum absolute atomic E-state index is 12.2. The number of nitrogens with one attached hydrogen (secondary N) is 1. The number of aromatic nitrogens is 2. The van der Waals surface area contributed by atoms with Crippen LogP contribution in [-0.4, -0.2) is 22.1 Å². The van der Waals surface area contributed by atoms with Gasteiger partial charge in [0.2, 0.25) is 0 Å². The van der Waals surface area contributed by atoms with E-state index < -0.39 is 0 Å². The first-order valence-corrected chi connectivity index (χ1v) is 9.61. The molecule has 1 heterocycles. The Morgan fingerprint density at radius 1 is 1.07 bits per heavy atom. The molecule has 0 fully saturated rings. The number of benzene rings is 3. The molecule has 0 unspecified atom stereocenters. The number of rotatable bonds is 4. The number of nitrogens with zero attached hydrogens (tertiary/aromatic N) is 2. The summed E-state index contributed by atoms with van der Waals surface area (Å²) in [5, 5.41) is 14.2. The summed E-state index contributed by atoms with van der Waals surface area (Å²) in [6.45, 7) is 2.21. The topological polar surface area (TPSA) is 68.0 Å². The number of ether oxygens (including phenoxy) is 1. The lowest BCUT2D eigenvalue weighted by molar-refractivity contribution is -0.143. The molecule has 5 rings (SSSR count). The predicted octanol–water partition coefficient (Wildman–Crippen LogP) is 3.37. The van der Waals surface area contributed by atoms with E-state index in [1.807, 2.05) is 59.2 Å². The van der Waals surface area contributed by atoms with Crippen LogP contribution in [0.1, 0.15) is 12.7 Å². The molecular weight excluding hydrogens is 362 g/mol. The van der Waals surface area contributed by atoms with Crippen LogP contribution in [0.5, 0.6) is 0 Å². The normalized spacial score (nSPS) is 12.4. The highest BCUT2D eigenvalue weighted by Gasteiger charge is 2.14. The van der Waals surface area contributed by atoms with Gasteiger partial charge in [-0.25, -0.2) is 4.98 Å². The zero-order chi connectivity index (χ0) is 20.0. The van der Waals surface area contributed by atoms with Crippen molar-refractivity contribution < 1.29 is 9.53 Å². The van der Waals surface area contributed by atoms with Gasteiger partial charge in [0.25, 0.3) is 0 Å². The minimum absolute atomic E-state index is 0.0813. The van der Waals surface area contributed by atoms with E-state index in [9.17, 15) is 4.79 Å². The molecule has 0 aliphatic rings. The van der Waals surface area contributed by atoms with Crippen molar-refractivity contribution in [3.05, 3.63) is 77.1 Å². The van der Waals surface area contributed by atoms with Crippen molar-refractivity contribution >= 4 is 44.6 Å². The van der Waals surface area contributed by atoms with Gasteiger partial charge >= 0.3 is 5.97 Å². The first-order valence-electron chi connectivity index (χ1n) is 9.61. The number of esters is 1. The van der Waals surface area contributed by atoms with Crippen LogP contribution in [0.25, 0.3) is 38.7 Å². The molecule has 0 aliphatic carbocycles. The lowest BCUT2D eigenvalue weighted by Gasteiger charge is -2.06. The SMILES string of the molecule is CCOC(=O)Cn1c(C=c2c(=N)c3cccc4cccc2c43)nc2ccccc21. The number of imidazole rings is 1. The van der Waals surface area contributed by atoms with Crippen LogP contribution < -0.4 is 10.6 Å². The Balaban J connectivity index is 1.81. The number of hydrogen-bond acceptors (Lipinski definition) is 4. The third-order valence-corrected chi connectivity index (χ3v) is 5.28. The summed E-state index contributed by atoms with van der Waals surface area (Å²) >= 11 is 0. The van der Waals surface area contributed by atoms with Crippen molar-refractivity contribution in [2.75, 3.05) is 6.61 Å². The lowest BCUT2D eigenvalue weighted by Crippen LogP contribution is -2.21. The summed E-state index contributed by atoms with van der Waals surface area (Å²) in [5.41, 5.74) is 1.68. The Bertz CT molecular complexity index is 1480. The van der Waals surface area contributed by atoms with Crippen LogP contribution >= 0.6 is 0 Å². The molecule has 4 aromatic carbocycles. The van der Waals surface area contributed by atoms with Gasteiger partial charge < -0.3 is 9.30 Å². The summed E-state index contributed by atoms with van der Waals surface area (Å²) in [7, 11) is 0. The van der Waals surface area contributed by atoms with Crippen molar-refractivity contribution in [3.8, 4) is 0 Å². The summed E-state index contributed by atoms with van der Waals surface area (Å²) < 4.78 is 7.01. The molecule has 1 N–H and O–H groups in total. The first kappa shape index (κ1) is 17.4. The molecule has 142 valence electrons. The Hall–Kier alpha value is -3.73. The van der Waals surface area contributed by atoms with Gasteiger partial charge in [-0.15, -0.1) is 0 Å². The van der Waals surface area contributed by atoms with Crippen LogP contribution in [0.4, 0.5) is 0 Å². The fourth-order valence-electron chi connectivity index (χ4n) is 4.04. The molecule has 0 saturated carbocycles. The van der Waals surface area contributed by atoms with Gasteiger partial charge in [-0.1, -0.05) is 48.5 Å². The quantitative estimate of drug-likeness (QED) is 0.485. The van der Waals surface area contributed by atoms with Crippen LogP contribution in [0.15, 0.2) is 60.7 Å². The second-order valence-corrected chi connectivity index (χ2v) is 6.99. The van der Waals surface area contributed by atoms with Crippen molar-refractivity contribution in [1.82, 2.24) is 9.55 Å². The molecule has 1 aromatic heterocycles. The van der Waals surface area contributed by atoms with Gasteiger partial charge in [0.1, 0.15) is 12.4 Å². The molecule has 29 heavy (non-hydrogen) atoms.